The second-order valence-corrected chi connectivity index (χ2v) is 19.8. The maximum absolute atomic E-state index is 12.8. The molecular formula is C55H106O6. The fourth-order valence-corrected chi connectivity index (χ4v) is 8.34. The number of hydrogen-bond donors (Lipinski definition) is 0. The highest BCUT2D eigenvalue weighted by atomic mass is 16.6. The number of esters is 3. The van der Waals surface area contributed by atoms with Gasteiger partial charge in [0, 0.05) is 19.3 Å². The first-order valence-electron chi connectivity index (χ1n) is 27.2. The van der Waals surface area contributed by atoms with Crippen LogP contribution in [0.4, 0.5) is 0 Å². The molecule has 61 heavy (non-hydrogen) atoms. The summed E-state index contributed by atoms with van der Waals surface area (Å²) >= 11 is 0. The Kier molecular flexibility index (Phi) is 46.6. The van der Waals surface area contributed by atoms with Crippen molar-refractivity contribution in [2.24, 2.45) is 11.8 Å². The van der Waals surface area contributed by atoms with Crippen molar-refractivity contribution in [1.29, 1.82) is 0 Å². The summed E-state index contributed by atoms with van der Waals surface area (Å²) in [4.78, 5) is 38.0. The van der Waals surface area contributed by atoms with Crippen LogP contribution in [-0.4, -0.2) is 37.2 Å². The van der Waals surface area contributed by atoms with Crippen LogP contribution in [0.15, 0.2) is 0 Å². The lowest BCUT2D eigenvalue weighted by Gasteiger charge is -2.18. The Hall–Kier alpha value is -1.59. The molecule has 0 spiro atoms. The number of ether oxygens (including phenoxy) is 3. The summed E-state index contributed by atoms with van der Waals surface area (Å²) in [6.45, 7) is 11.4. The molecule has 0 aliphatic heterocycles. The zero-order valence-corrected chi connectivity index (χ0v) is 41.8. The SMILES string of the molecule is CCCCCCCCCCCCCCCCCCCC(=O)OC[C@H](COC(=O)CCCCCCCCCCCC(C)C)OC(=O)CCCCCCCCCCCCCC(C)C. The highest BCUT2D eigenvalue weighted by Gasteiger charge is 2.19. The van der Waals surface area contributed by atoms with E-state index < -0.39 is 6.10 Å². The molecule has 6 nitrogen and oxygen atoms in total. The largest absolute Gasteiger partial charge is 0.462 e. The van der Waals surface area contributed by atoms with Gasteiger partial charge in [0.2, 0.25) is 0 Å². The molecule has 0 aromatic carbocycles. The number of hydrogen-bond acceptors (Lipinski definition) is 6. The Morgan fingerprint density at radius 3 is 0.803 bits per heavy atom. The number of carbonyl (C=O) groups is 3. The first kappa shape index (κ1) is 59.4. The highest BCUT2D eigenvalue weighted by Crippen LogP contribution is 2.18. The third-order valence-electron chi connectivity index (χ3n) is 12.5. The lowest BCUT2D eigenvalue weighted by atomic mass is 10.0. The van der Waals surface area contributed by atoms with Crippen molar-refractivity contribution in [2.75, 3.05) is 13.2 Å². The Morgan fingerprint density at radius 2 is 0.541 bits per heavy atom. The molecule has 0 N–H and O–H groups in total. The van der Waals surface area contributed by atoms with E-state index in [9.17, 15) is 14.4 Å². The Balaban J connectivity index is 4.29. The second kappa shape index (κ2) is 47.9. The summed E-state index contributed by atoms with van der Waals surface area (Å²) in [7, 11) is 0. The normalized spacial score (nSPS) is 12.0. The highest BCUT2D eigenvalue weighted by molar-refractivity contribution is 5.71. The van der Waals surface area contributed by atoms with Crippen LogP contribution in [-0.2, 0) is 28.6 Å². The minimum atomic E-state index is -0.762. The van der Waals surface area contributed by atoms with Crippen molar-refractivity contribution in [2.45, 2.75) is 310 Å². The molecular weight excluding hydrogens is 757 g/mol. The van der Waals surface area contributed by atoms with E-state index in [1.807, 2.05) is 0 Å². The van der Waals surface area contributed by atoms with Gasteiger partial charge in [0.05, 0.1) is 0 Å². The van der Waals surface area contributed by atoms with Gasteiger partial charge in [0.1, 0.15) is 13.2 Å². The minimum absolute atomic E-state index is 0.0635. The smallest absolute Gasteiger partial charge is 0.306 e. The van der Waals surface area contributed by atoms with Crippen LogP contribution in [0.5, 0.6) is 0 Å². The minimum Gasteiger partial charge on any atom is -0.462 e. The van der Waals surface area contributed by atoms with Gasteiger partial charge in [-0.05, 0) is 31.1 Å². The lowest BCUT2D eigenvalue weighted by Crippen LogP contribution is -2.30. The molecule has 0 radical (unpaired) electrons. The van der Waals surface area contributed by atoms with Crippen molar-refractivity contribution in [1.82, 2.24) is 0 Å². The van der Waals surface area contributed by atoms with E-state index in [4.69, 9.17) is 14.2 Å². The van der Waals surface area contributed by atoms with E-state index in [1.54, 1.807) is 0 Å². The van der Waals surface area contributed by atoms with Gasteiger partial charge >= 0.3 is 17.9 Å². The van der Waals surface area contributed by atoms with Gasteiger partial charge < -0.3 is 14.2 Å². The molecule has 0 amide bonds. The van der Waals surface area contributed by atoms with Crippen LogP contribution < -0.4 is 0 Å². The molecule has 0 saturated heterocycles. The standard InChI is InChI=1S/C55H106O6/c1-6-7-8-9-10-11-12-13-14-15-16-17-20-25-30-35-40-45-53(56)59-48-52(49-60-54(57)46-41-36-31-27-22-24-29-34-39-44-51(4)5)61-55(58)47-42-37-32-26-21-18-19-23-28-33-38-43-50(2)3/h50-52H,6-49H2,1-5H3/t52-/m1/s1. The van der Waals surface area contributed by atoms with Crippen LogP contribution in [0, 0.1) is 11.8 Å². The molecule has 0 aromatic heterocycles. The summed E-state index contributed by atoms with van der Waals surface area (Å²) in [6, 6.07) is 0. The number of carbonyl (C=O) groups excluding carboxylic acids is 3. The summed E-state index contributed by atoms with van der Waals surface area (Å²) in [5.74, 6) is 0.788. The Bertz CT molecular complexity index is 931. The van der Waals surface area contributed by atoms with Crippen LogP contribution in [0.2, 0.25) is 0 Å². The first-order chi connectivity index (χ1) is 29.7. The maximum Gasteiger partial charge on any atom is 0.306 e. The van der Waals surface area contributed by atoms with Crippen molar-refractivity contribution in [3.05, 3.63) is 0 Å². The van der Waals surface area contributed by atoms with E-state index in [1.165, 1.54) is 193 Å². The van der Waals surface area contributed by atoms with Crippen LogP contribution in [0.25, 0.3) is 0 Å². The summed E-state index contributed by atoms with van der Waals surface area (Å²) in [5.41, 5.74) is 0. The van der Waals surface area contributed by atoms with E-state index in [0.29, 0.717) is 19.3 Å². The second-order valence-electron chi connectivity index (χ2n) is 19.8. The summed E-state index contributed by atoms with van der Waals surface area (Å²) in [5, 5.41) is 0. The molecule has 0 fully saturated rings. The molecule has 0 aliphatic rings. The maximum atomic E-state index is 12.8. The molecule has 0 bridgehead atoms. The third-order valence-corrected chi connectivity index (χ3v) is 12.5. The Morgan fingerprint density at radius 1 is 0.311 bits per heavy atom. The molecule has 0 aliphatic carbocycles. The zero-order chi connectivity index (χ0) is 44.7. The monoisotopic (exact) mass is 863 g/mol. The van der Waals surface area contributed by atoms with Gasteiger partial charge in [-0.2, -0.15) is 0 Å². The fourth-order valence-electron chi connectivity index (χ4n) is 8.34. The van der Waals surface area contributed by atoms with Crippen LogP contribution in [0.1, 0.15) is 304 Å². The van der Waals surface area contributed by atoms with E-state index in [2.05, 4.69) is 34.6 Å². The van der Waals surface area contributed by atoms with E-state index in [0.717, 1.165) is 69.6 Å². The van der Waals surface area contributed by atoms with Gasteiger partial charge in [-0.25, -0.2) is 0 Å². The topological polar surface area (TPSA) is 78.9 Å². The number of rotatable bonds is 49. The lowest BCUT2D eigenvalue weighted by molar-refractivity contribution is -0.167. The molecule has 6 heteroatoms. The number of unbranched alkanes of at least 4 members (excludes halogenated alkanes) is 34. The Labute approximate surface area is 380 Å². The van der Waals surface area contributed by atoms with E-state index in [-0.39, 0.29) is 31.1 Å². The van der Waals surface area contributed by atoms with Gasteiger partial charge in [0.15, 0.2) is 6.10 Å². The summed E-state index contributed by atoms with van der Waals surface area (Å²) in [6.07, 6.45) is 49.5. The molecule has 362 valence electrons. The predicted octanol–water partition coefficient (Wildman–Crippen LogP) is 17.7. The molecule has 0 saturated carbocycles. The van der Waals surface area contributed by atoms with Gasteiger partial charge in [-0.15, -0.1) is 0 Å². The average Bonchev–Trinajstić information content (AvgIpc) is 3.23. The molecule has 0 unspecified atom stereocenters. The molecule has 0 heterocycles. The van der Waals surface area contributed by atoms with Gasteiger partial charge in [-0.3, -0.25) is 14.4 Å². The predicted molar refractivity (Wildman–Crippen MR) is 261 cm³/mol. The van der Waals surface area contributed by atoms with Gasteiger partial charge in [0.25, 0.3) is 0 Å². The molecule has 1 atom stereocenters. The molecule has 0 aromatic rings. The van der Waals surface area contributed by atoms with Crippen molar-refractivity contribution >= 4 is 17.9 Å². The van der Waals surface area contributed by atoms with E-state index >= 15 is 0 Å². The van der Waals surface area contributed by atoms with Gasteiger partial charge in [-0.1, -0.05) is 266 Å². The van der Waals surface area contributed by atoms with Crippen LogP contribution >= 0.6 is 0 Å². The van der Waals surface area contributed by atoms with Crippen molar-refractivity contribution in [3.8, 4) is 0 Å². The van der Waals surface area contributed by atoms with Crippen molar-refractivity contribution < 1.29 is 28.6 Å². The third kappa shape index (κ3) is 49.3. The molecule has 0 rings (SSSR count). The quantitative estimate of drug-likeness (QED) is 0.0344. The fraction of sp³-hybridized carbons (Fsp3) is 0.945. The summed E-state index contributed by atoms with van der Waals surface area (Å²) < 4.78 is 16.8. The van der Waals surface area contributed by atoms with Crippen LogP contribution in [0.3, 0.4) is 0 Å². The van der Waals surface area contributed by atoms with Crippen molar-refractivity contribution in [3.63, 3.8) is 0 Å². The average molecular weight is 863 g/mol. The first-order valence-corrected chi connectivity index (χ1v) is 27.2. The zero-order valence-electron chi connectivity index (χ0n) is 41.8.